The van der Waals surface area contributed by atoms with Crippen LogP contribution in [0.15, 0.2) is 12.3 Å². The van der Waals surface area contributed by atoms with E-state index in [9.17, 15) is 0 Å². The summed E-state index contributed by atoms with van der Waals surface area (Å²) in [7, 11) is 4.04. The molecule has 1 aliphatic rings. The highest BCUT2D eigenvalue weighted by Crippen LogP contribution is 2.30. The maximum Gasteiger partial charge on any atom is 0.0639 e. The topological polar surface area (TPSA) is 29.9 Å². The van der Waals surface area contributed by atoms with E-state index >= 15 is 0 Å². The Labute approximate surface area is 91.9 Å². The van der Waals surface area contributed by atoms with Gasteiger partial charge < -0.3 is 5.32 Å². The first-order valence-corrected chi connectivity index (χ1v) is 5.93. The van der Waals surface area contributed by atoms with Crippen molar-refractivity contribution in [2.24, 2.45) is 13.0 Å². The van der Waals surface area contributed by atoms with Crippen LogP contribution in [0, 0.1) is 5.92 Å². The van der Waals surface area contributed by atoms with E-state index in [1.54, 1.807) is 0 Å². The Morgan fingerprint density at radius 2 is 2.40 bits per heavy atom. The van der Waals surface area contributed by atoms with Gasteiger partial charge in [0.1, 0.15) is 0 Å². The highest BCUT2D eigenvalue weighted by atomic mass is 15.2. The van der Waals surface area contributed by atoms with Crippen LogP contribution in [-0.4, -0.2) is 22.9 Å². The number of rotatable bonds is 5. The summed E-state index contributed by atoms with van der Waals surface area (Å²) in [6.45, 7) is 0. The lowest BCUT2D eigenvalue weighted by atomic mass is 9.80. The molecule has 0 bridgehead atoms. The molecule has 1 atom stereocenters. The van der Waals surface area contributed by atoms with Crippen LogP contribution in [0.2, 0.25) is 0 Å². The molecule has 0 aliphatic heterocycles. The van der Waals surface area contributed by atoms with Gasteiger partial charge in [0.05, 0.1) is 5.69 Å². The normalized spacial score (nSPS) is 18.8. The van der Waals surface area contributed by atoms with Crippen LogP contribution in [0.25, 0.3) is 0 Å². The Morgan fingerprint density at radius 1 is 1.60 bits per heavy atom. The lowest BCUT2D eigenvalue weighted by molar-refractivity contribution is 0.263. The lowest BCUT2D eigenvalue weighted by Gasteiger charge is -2.29. The highest BCUT2D eigenvalue weighted by molar-refractivity contribution is 5.01. The highest BCUT2D eigenvalue weighted by Gasteiger charge is 2.21. The molecule has 0 saturated heterocycles. The van der Waals surface area contributed by atoms with Crippen molar-refractivity contribution in [2.45, 2.75) is 38.1 Å². The van der Waals surface area contributed by atoms with Crippen molar-refractivity contribution < 1.29 is 0 Å². The fourth-order valence-corrected chi connectivity index (χ4v) is 2.26. The van der Waals surface area contributed by atoms with Crippen LogP contribution in [0.3, 0.4) is 0 Å². The van der Waals surface area contributed by atoms with Gasteiger partial charge in [-0.2, -0.15) is 5.10 Å². The molecule has 1 aromatic heterocycles. The van der Waals surface area contributed by atoms with Crippen LogP contribution in [-0.2, 0) is 13.5 Å². The van der Waals surface area contributed by atoms with E-state index in [2.05, 4.69) is 23.5 Å². The largest absolute Gasteiger partial charge is 0.317 e. The van der Waals surface area contributed by atoms with Gasteiger partial charge >= 0.3 is 0 Å². The van der Waals surface area contributed by atoms with Gasteiger partial charge in [-0.25, -0.2) is 0 Å². The van der Waals surface area contributed by atoms with E-state index in [4.69, 9.17) is 0 Å². The third-order valence-corrected chi connectivity index (χ3v) is 3.48. The second-order valence-electron chi connectivity index (χ2n) is 4.70. The number of aryl methyl sites for hydroxylation is 1. The lowest BCUT2D eigenvalue weighted by Crippen LogP contribution is -2.32. The first kappa shape index (κ1) is 10.7. The Kier molecular flexibility index (Phi) is 3.41. The van der Waals surface area contributed by atoms with Gasteiger partial charge in [0.25, 0.3) is 0 Å². The van der Waals surface area contributed by atoms with Crippen molar-refractivity contribution in [2.75, 3.05) is 7.05 Å². The van der Waals surface area contributed by atoms with Crippen molar-refractivity contribution in [1.29, 1.82) is 0 Å². The molecule has 0 aromatic carbocycles. The summed E-state index contributed by atoms with van der Waals surface area (Å²) in [4.78, 5) is 0. The molecule has 1 saturated carbocycles. The van der Waals surface area contributed by atoms with Gasteiger partial charge in [-0.15, -0.1) is 0 Å². The van der Waals surface area contributed by atoms with Crippen molar-refractivity contribution >= 4 is 0 Å². The molecular formula is C12H21N3. The summed E-state index contributed by atoms with van der Waals surface area (Å²) < 4.78 is 1.88. The zero-order chi connectivity index (χ0) is 10.7. The molecule has 3 nitrogen and oxygen atoms in total. The van der Waals surface area contributed by atoms with Crippen LogP contribution in [0.5, 0.6) is 0 Å². The quantitative estimate of drug-likeness (QED) is 0.797. The number of hydrogen-bond acceptors (Lipinski definition) is 2. The summed E-state index contributed by atoms with van der Waals surface area (Å²) in [5.74, 6) is 0.964. The Bertz CT molecular complexity index is 302. The van der Waals surface area contributed by atoms with Gasteiger partial charge in [0, 0.05) is 25.7 Å². The summed E-state index contributed by atoms with van der Waals surface area (Å²) >= 11 is 0. The Hall–Kier alpha value is -0.830. The molecule has 1 fully saturated rings. The molecule has 0 radical (unpaired) electrons. The van der Waals surface area contributed by atoms with E-state index in [0.717, 1.165) is 12.3 Å². The SMILES string of the molecule is CNC(Cc1ccn(C)n1)CC1CCC1. The zero-order valence-electron chi connectivity index (χ0n) is 9.74. The molecule has 1 aliphatic carbocycles. The molecule has 1 N–H and O–H groups in total. The molecule has 84 valence electrons. The zero-order valence-corrected chi connectivity index (χ0v) is 9.74. The monoisotopic (exact) mass is 207 g/mol. The number of hydrogen-bond donors (Lipinski definition) is 1. The smallest absolute Gasteiger partial charge is 0.0639 e. The van der Waals surface area contributed by atoms with Gasteiger partial charge in [-0.3, -0.25) is 4.68 Å². The summed E-state index contributed by atoms with van der Waals surface area (Å²) in [6, 6.07) is 2.72. The summed E-state index contributed by atoms with van der Waals surface area (Å²) in [6.07, 6.45) is 8.69. The molecule has 1 heterocycles. The molecule has 1 aromatic rings. The average Bonchev–Trinajstić information content (AvgIpc) is 2.55. The van der Waals surface area contributed by atoms with Crippen LogP contribution >= 0.6 is 0 Å². The Balaban J connectivity index is 1.84. The third-order valence-electron chi connectivity index (χ3n) is 3.48. The molecule has 15 heavy (non-hydrogen) atoms. The van der Waals surface area contributed by atoms with Gasteiger partial charge in [0.2, 0.25) is 0 Å². The summed E-state index contributed by atoms with van der Waals surface area (Å²) in [5, 5.41) is 7.84. The first-order chi connectivity index (χ1) is 7.28. The minimum atomic E-state index is 0.602. The third kappa shape index (κ3) is 2.81. The van der Waals surface area contributed by atoms with E-state index in [1.807, 2.05) is 17.9 Å². The molecule has 0 amide bonds. The molecule has 1 unspecified atom stereocenters. The minimum absolute atomic E-state index is 0.602. The van der Waals surface area contributed by atoms with Crippen molar-refractivity contribution in [3.8, 4) is 0 Å². The van der Waals surface area contributed by atoms with E-state index < -0.39 is 0 Å². The second-order valence-corrected chi connectivity index (χ2v) is 4.70. The molecule has 0 spiro atoms. The standard InChI is InChI=1S/C12H21N3/c1-13-12(8-10-4-3-5-10)9-11-6-7-15(2)14-11/h6-7,10,12-13H,3-5,8-9H2,1-2H3. The van der Waals surface area contributed by atoms with Crippen molar-refractivity contribution in [3.05, 3.63) is 18.0 Å². The van der Waals surface area contributed by atoms with Crippen molar-refractivity contribution in [1.82, 2.24) is 15.1 Å². The second kappa shape index (κ2) is 4.79. The number of nitrogens with zero attached hydrogens (tertiary/aromatic N) is 2. The van der Waals surface area contributed by atoms with Crippen LogP contribution < -0.4 is 5.32 Å². The first-order valence-electron chi connectivity index (χ1n) is 5.93. The predicted molar refractivity (Wildman–Crippen MR) is 61.7 cm³/mol. The predicted octanol–water partition coefficient (Wildman–Crippen LogP) is 1.74. The fourth-order valence-electron chi connectivity index (χ4n) is 2.26. The van der Waals surface area contributed by atoms with Crippen molar-refractivity contribution in [3.63, 3.8) is 0 Å². The summed E-state index contributed by atoms with van der Waals surface area (Å²) in [5.41, 5.74) is 1.20. The van der Waals surface area contributed by atoms with Crippen LogP contribution in [0.1, 0.15) is 31.4 Å². The number of nitrogens with one attached hydrogen (secondary N) is 1. The molecule has 2 rings (SSSR count). The van der Waals surface area contributed by atoms with E-state index in [0.29, 0.717) is 6.04 Å². The van der Waals surface area contributed by atoms with Gasteiger partial charge in [0.15, 0.2) is 0 Å². The van der Waals surface area contributed by atoms with E-state index in [-0.39, 0.29) is 0 Å². The minimum Gasteiger partial charge on any atom is -0.317 e. The molecule has 3 heteroatoms. The maximum absolute atomic E-state index is 4.43. The van der Waals surface area contributed by atoms with Crippen LogP contribution in [0.4, 0.5) is 0 Å². The maximum atomic E-state index is 4.43. The van der Waals surface area contributed by atoms with Gasteiger partial charge in [-0.05, 0) is 25.5 Å². The molecular weight excluding hydrogens is 186 g/mol. The average molecular weight is 207 g/mol. The number of likely N-dealkylation sites (N-methyl/N-ethyl adjacent to an activating group) is 1. The Morgan fingerprint density at radius 3 is 2.87 bits per heavy atom. The van der Waals surface area contributed by atoms with E-state index in [1.165, 1.54) is 31.4 Å². The van der Waals surface area contributed by atoms with Gasteiger partial charge in [-0.1, -0.05) is 19.3 Å². The number of aromatic nitrogens is 2. The fraction of sp³-hybridized carbons (Fsp3) is 0.750.